The molecule has 10 nitrogen and oxygen atoms in total. The molecule has 1 atom stereocenters. The van der Waals surface area contributed by atoms with E-state index >= 15 is 0 Å². The number of nitrogens with two attached hydrogens (primary N) is 1. The average molecular weight is 520 g/mol. The minimum atomic E-state index is -4.66. The smallest absolute Gasteiger partial charge is 0.433 e. The number of amides is 2. The number of benzene rings is 1. The van der Waals surface area contributed by atoms with Gasteiger partial charge in [-0.15, -0.1) is 11.3 Å². The van der Waals surface area contributed by atoms with Crippen LogP contribution in [0.1, 0.15) is 34.9 Å². The number of rotatable bonds is 7. The van der Waals surface area contributed by atoms with Crippen LogP contribution in [-0.2, 0) is 11.0 Å². The quantitative estimate of drug-likeness (QED) is 0.334. The van der Waals surface area contributed by atoms with Gasteiger partial charge in [-0.3, -0.25) is 9.59 Å². The number of nitrogens with one attached hydrogen (secondary N) is 2. The van der Waals surface area contributed by atoms with Gasteiger partial charge in [0.1, 0.15) is 17.0 Å². The summed E-state index contributed by atoms with van der Waals surface area (Å²) in [6.07, 6.45) is -3.13. The summed E-state index contributed by atoms with van der Waals surface area (Å²) in [7, 11) is 1.31. The Bertz CT molecular complexity index is 1420. The third-order valence-corrected chi connectivity index (χ3v) is 5.62. The van der Waals surface area contributed by atoms with E-state index in [4.69, 9.17) is 14.9 Å². The van der Waals surface area contributed by atoms with Crippen LogP contribution < -0.4 is 21.1 Å². The van der Waals surface area contributed by atoms with E-state index < -0.39 is 29.7 Å². The third kappa shape index (κ3) is 5.13. The fraction of sp³-hybridized carbons (Fsp3) is 0.227. The van der Waals surface area contributed by atoms with E-state index in [1.54, 1.807) is 12.3 Å². The molecule has 0 aliphatic heterocycles. The molecule has 14 heteroatoms. The first-order valence-corrected chi connectivity index (χ1v) is 11.3. The van der Waals surface area contributed by atoms with E-state index in [2.05, 4.69) is 25.6 Å². The zero-order valence-corrected chi connectivity index (χ0v) is 19.7. The van der Waals surface area contributed by atoms with Gasteiger partial charge >= 0.3 is 6.18 Å². The molecule has 1 aromatic carbocycles. The molecule has 0 radical (unpaired) electrons. The Labute approximate surface area is 205 Å². The predicted molar refractivity (Wildman–Crippen MR) is 124 cm³/mol. The van der Waals surface area contributed by atoms with Crippen molar-refractivity contribution in [3.63, 3.8) is 0 Å². The number of oxazole rings is 1. The molecule has 3 aromatic heterocycles. The summed E-state index contributed by atoms with van der Waals surface area (Å²) in [5, 5.41) is 7.29. The molecule has 0 saturated heterocycles. The lowest BCUT2D eigenvalue weighted by molar-refractivity contribution is -0.141. The average Bonchev–Trinajstić information content (AvgIpc) is 3.51. The lowest BCUT2D eigenvalue weighted by Crippen LogP contribution is -2.33. The predicted octanol–water partition coefficient (Wildman–Crippen LogP) is 3.76. The number of carbonyl (C=O) groups excluding carboxylic acids is 2. The Balaban J connectivity index is 1.67. The molecule has 0 bridgehead atoms. The molecule has 4 rings (SSSR count). The van der Waals surface area contributed by atoms with Crippen molar-refractivity contribution in [2.45, 2.75) is 19.1 Å². The molecule has 0 aliphatic carbocycles. The van der Waals surface area contributed by atoms with Gasteiger partial charge in [-0.2, -0.15) is 13.2 Å². The Morgan fingerprint density at radius 3 is 2.64 bits per heavy atom. The molecule has 3 heterocycles. The SMILES string of the molecule is COc1ccc(-c2nc(C(=O)NCC(=O)Nc3nccs3)c([C@H](C)N)o2)c2ccc(C(F)(F)F)nc12. The largest absolute Gasteiger partial charge is 0.494 e. The lowest BCUT2D eigenvalue weighted by atomic mass is 10.1. The Kier molecular flexibility index (Phi) is 6.90. The minimum Gasteiger partial charge on any atom is -0.494 e. The highest BCUT2D eigenvalue weighted by molar-refractivity contribution is 7.13. The normalized spacial score (nSPS) is 12.4. The monoisotopic (exact) mass is 520 g/mol. The van der Waals surface area contributed by atoms with Crippen LogP contribution in [-0.4, -0.2) is 40.4 Å². The maximum atomic E-state index is 13.2. The number of thiazole rings is 1. The van der Waals surface area contributed by atoms with Gasteiger partial charge in [0.15, 0.2) is 16.6 Å². The number of pyridine rings is 1. The molecular weight excluding hydrogens is 501 g/mol. The molecule has 36 heavy (non-hydrogen) atoms. The van der Waals surface area contributed by atoms with Crippen molar-refractivity contribution >= 4 is 39.2 Å². The lowest BCUT2D eigenvalue weighted by Gasteiger charge is -2.11. The van der Waals surface area contributed by atoms with Gasteiger partial charge in [0.05, 0.1) is 19.7 Å². The second-order valence-electron chi connectivity index (χ2n) is 7.49. The van der Waals surface area contributed by atoms with Crippen LogP contribution in [0.25, 0.3) is 22.4 Å². The van der Waals surface area contributed by atoms with E-state index in [1.807, 2.05) is 0 Å². The van der Waals surface area contributed by atoms with Crippen molar-refractivity contribution < 1.29 is 31.9 Å². The van der Waals surface area contributed by atoms with Crippen LogP contribution in [0.15, 0.2) is 40.3 Å². The number of halogens is 3. The standard InChI is InChI=1S/C22H19F3N6O4S/c1-10(26)18-17(19(33)28-9-15(32)30-21-27-7-8-36-21)31-20(35-18)12-3-5-13(34-2)16-11(12)4-6-14(29-16)22(23,24)25/h3-8,10H,9,26H2,1-2H3,(H,28,33)(H,27,30,32)/t10-/m0/s1. The molecule has 4 aromatic rings. The molecular formula is C22H19F3N6O4S. The summed E-state index contributed by atoms with van der Waals surface area (Å²) in [5.74, 6) is -1.14. The summed E-state index contributed by atoms with van der Waals surface area (Å²) in [4.78, 5) is 36.7. The summed E-state index contributed by atoms with van der Waals surface area (Å²) in [6, 6.07) is 4.24. The minimum absolute atomic E-state index is 0.0340. The number of carbonyl (C=O) groups is 2. The van der Waals surface area contributed by atoms with Crippen molar-refractivity contribution in [2.24, 2.45) is 5.73 Å². The Morgan fingerprint density at radius 1 is 1.22 bits per heavy atom. The van der Waals surface area contributed by atoms with Crippen LogP contribution >= 0.6 is 11.3 Å². The fourth-order valence-electron chi connectivity index (χ4n) is 3.31. The highest BCUT2D eigenvalue weighted by atomic mass is 32.1. The molecule has 0 fully saturated rings. The fourth-order valence-corrected chi connectivity index (χ4v) is 3.86. The third-order valence-electron chi connectivity index (χ3n) is 4.93. The second kappa shape index (κ2) is 9.91. The number of aromatic nitrogens is 3. The zero-order chi connectivity index (χ0) is 26.0. The molecule has 0 saturated carbocycles. The highest BCUT2D eigenvalue weighted by Gasteiger charge is 2.33. The van der Waals surface area contributed by atoms with Crippen LogP contribution in [0.2, 0.25) is 0 Å². The van der Waals surface area contributed by atoms with Crippen LogP contribution in [0.3, 0.4) is 0 Å². The maximum absolute atomic E-state index is 13.2. The number of anilines is 1. The van der Waals surface area contributed by atoms with Gasteiger partial charge in [-0.25, -0.2) is 15.0 Å². The van der Waals surface area contributed by atoms with Crippen LogP contribution in [0.5, 0.6) is 5.75 Å². The summed E-state index contributed by atoms with van der Waals surface area (Å²) < 4.78 is 50.6. The zero-order valence-electron chi connectivity index (χ0n) is 18.8. The number of hydrogen-bond donors (Lipinski definition) is 3. The van der Waals surface area contributed by atoms with E-state index in [1.165, 1.54) is 42.8 Å². The van der Waals surface area contributed by atoms with Gasteiger partial charge in [-0.05, 0) is 31.2 Å². The van der Waals surface area contributed by atoms with Gasteiger partial charge in [0.2, 0.25) is 11.8 Å². The number of methoxy groups -OCH3 is 1. The number of hydrogen-bond acceptors (Lipinski definition) is 9. The first kappa shape index (κ1) is 25.1. The van der Waals surface area contributed by atoms with Gasteiger partial charge in [0, 0.05) is 22.5 Å². The summed E-state index contributed by atoms with van der Waals surface area (Å²) in [6.45, 7) is 1.20. The number of nitrogens with zero attached hydrogens (tertiary/aromatic N) is 3. The first-order valence-electron chi connectivity index (χ1n) is 10.4. The van der Waals surface area contributed by atoms with Crippen molar-refractivity contribution in [3.05, 3.63) is 53.0 Å². The van der Waals surface area contributed by atoms with Gasteiger partial charge in [0.25, 0.3) is 5.91 Å². The Morgan fingerprint density at radius 2 is 2.00 bits per heavy atom. The molecule has 0 aliphatic rings. The van der Waals surface area contributed by atoms with Crippen molar-refractivity contribution in [1.82, 2.24) is 20.3 Å². The topological polar surface area (TPSA) is 145 Å². The van der Waals surface area contributed by atoms with Gasteiger partial charge < -0.3 is 25.5 Å². The molecule has 4 N–H and O–H groups in total. The summed E-state index contributed by atoms with van der Waals surface area (Å²) in [5.41, 5.74) is 4.92. The van der Waals surface area contributed by atoms with Crippen LogP contribution in [0, 0.1) is 0 Å². The van der Waals surface area contributed by atoms with Crippen LogP contribution in [0.4, 0.5) is 18.3 Å². The van der Waals surface area contributed by atoms with Crippen molar-refractivity contribution in [2.75, 3.05) is 19.0 Å². The Hall–Kier alpha value is -4.04. The molecule has 0 unspecified atom stereocenters. The number of ether oxygens (including phenoxy) is 1. The maximum Gasteiger partial charge on any atom is 0.433 e. The van der Waals surface area contributed by atoms with E-state index in [-0.39, 0.29) is 46.1 Å². The molecule has 2 amide bonds. The van der Waals surface area contributed by atoms with Gasteiger partial charge in [-0.1, -0.05) is 0 Å². The van der Waals surface area contributed by atoms with Crippen molar-refractivity contribution in [3.8, 4) is 17.2 Å². The van der Waals surface area contributed by atoms with Crippen molar-refractivity contribution in [1.29, 1.82) is 0 Å². The first-order chi connectivity index (χ1) is 17.1. The molecule has 188 valence electrons. The van der Waals surface area contributed by atoms with E-state index in [9.17, 15) is 22.8 Å². The number of fused-ring (bicyclic) bond motifs is 1. The second-order valence-corrected chi connectivity index (χ2v) is 8.39. The van der Waals surface area contributed by atoms with E-state index in [0.717, 1.165) is 6.07 Å². The number of alkyl halides is 3. The molecule has 0 spiro atoms. The van der Waals surface area contributed by atoms with E-state index in [0.29, 0.717) is 5.13 Å². The highest BCUT2D eigenvalue weighted by Crippen LogP contribution is 2.37. The summed E-state index contributed by atoms with van der Waals surface area (Å²) >= 11 is 1.22.